The van der Waals surface area contributed by atoms with Crippen LogP contribution in [0.15, 0.2) is 11.6 Å². The Morgan fingerprint density at radius 2 is 2.33 bits per heavy atom. The van der Waals surface area contributed by atoms with E-state index < -0.39 is 0 Å². The second-order valence-corrected chi connectivity index (χ2v) is 3.55. The molecule has 0 aromatic rings. The molecule has 0 aromatic carbocycles. The summed E-state index contributed by atoms with van der Waals surface area (Å²) in [6.45, 7) is 4.38. The van der Waals surface area contributed by atoms with Crippen molar-refractivity contribution in [1.82, 2.24) is 0 Å². The molecule has 12 heavy (non-hydrogen) atoms. The Bertz CT molecular complexity index is 212. The minimum atomic E-state index is 0.563. The largest absolute Gasteiger partial charge is 0.0951 e. The third-order valence-corrected chi connectivity index (χ3v) is 2.38. The van der Waals surface area contributed by atoms with Gasteiger partial charge in [0, 0.05) is 5.92 Å². The summed E-state index contributed by atoms with van der Waals surface area (Å²) in [4.78, 5) is 0. The summed E-state index contributed by atoms with van der Waals surface area (Å²) in [7, 11) is 0. The summed E-state index contributed by atoms with van der Waals surface area (Å²) in [5, 5.41) is 0. The first-order valence-electron chi connectivity index (χ1n) is 5.03. The molecule has 0 N–H and O–H groups in total. The third-order valence-electron chi connectivity index (χ3n) is 2.38. The van der Waals surface area contributed by atoms with Gasteiger partial charge < -0.3 is 0 Å². The van der Waals surface area contributed by atoms with Gasteiger partial charge in [0.1, 0.15) is 0 Å². The Kier molecular flexibility index (Phi) is 3.94. The normalized spacial score (nSPS) is 19.0. The Morgan fingerprint density at radius 1 is 1.50 bits per heavy atom. The molecule has 0 saturated carbocycles. The monoisotopic (exact) mass is 162 g/mol. The van der Waals surface area contributed by atoms with Crippen LogP contribution in [0.3, 0.4) is 0 Å². The SMILES string of the molecule is CCC(C)C#CC1=CCCCC1. The first-order valence-corrected chi connectivity index (χ1v) is 5.03. The lowest BCUT2D eigenvalue weighted by atomic mass is 9.99. The molecule has 0 radical (unpaired) electrons. The van der Waals surface area contributed by atoms with Crippen LogP contribution < -0.4 is 0 Å². The maximum Gasteiger partial charge on any atom is 0.0175 e. The van der Waals surface area contributed by atoms with Crippen molar-refractivity contribution in [3.63, 3.8) is 0 Å². The molecule has 0 amide bonds. The van der Waals surface area contributed by atoms with Gasteiger partial charge in [-0.3, -0.25) is 0 Å². The molecule has 1 aliphatic carbocycles. The highest BCUT2D eigenvalue weighted by Crippen LogP contribution is 2.16. The molecule has 1 atom stereocenters. The van der Waals surface area contributed by atoms with Crippen LogP contribution in [-0.2, 0) is 0 Å². The number of allylic oxidation sites excluding steroid dienone is 2. The summed E-state index contributed by atoms with van der Waals surface area (Å²) < 4.78 is 0. The van der Waals surface area contributed by atoms with Gasteiger partial charge in [-0.25, -0.2) is 0 Å². The van der Waals surface area contributed by atoms with Gasteiger partial charge in [0.2, 0.25) is 0 Å². The van der Waals surface area contributed by atoms with Crippen LogP contribution >= 0.6 is 0 Å². The molecule has 0 spiro atoms. The summed E-state index contributed by atoms with van der Waals surface area (Å²) in [5.41, 5.74) is 1.38. The van der Waals surface area contributed by atoms with E-state index >= 15 is 0 Å². The molecule has 0 heterocycles. The van der Waals surface area contributed by atoms with Crippen molar-refractivity contribution in [2.75, 3.05) is 0 Å². The van der Waals surface area contributed by atoms with Crippen molar-refractivity contribution in [3.05, 3.63) is 11.6 Å². The molecule has 1 aliphatic rings. The van der Waals surface area contributed by atoms with Gasteiger partial charge in [-0.05, 0) is 37.7 Å². The van der Waals surface area contributed by atoms with Crippen LogP contribution in [0.4, 0.5) is 0 Å². The molecule has 0 saturated heterocycles. The second kappa shape index (κ2) is 5.04. The van der Waals surface area contributed by atoms with Crippen LogP contribution in [-0.4, -0.2) is 0 Å². The van der Waals surface area contributed by atoms with Crippen LogP contribution in [0.25, 0.3) is 0 Å². The maximum atomic E-state index is 3.28. The highest BCUT2D eigenvalue weighted by Gasteiger charge is 1.99. The van der Waals surface area contributed by atoms with E-state index in [1.807, 2.05) is 0 Å². The van der Waals surface area contributed by atoms with E-state index in [4.69, 9.17) is 0 Å². The molecular weight excluding hydrogens is 144 g/mol. The maximum absolute atomic E-state index is 3.28. The molecule has 0 aromatic heterocycles. The van der Waals surface area contributed by atoms with Crippen molar-refractivity contribution in [2.45, 2.75) is 46.0 Å². The van der Waals surface area contributed by atoms with Gasteiger partial charge in [0.25, 0.3) is 0 Å². The van der Waals surface area contributed by atoms with Gasteiger partial charge in [0.15, 0.2) is 0 Å². The molecule has 1 rings (SSSR count). The number of rotatable bonds is 1. The highest BCUT2D eigenvalue weighted by atomic mass is 14.0. The van der Waals surface area contributed by atoms with Gasteiger partial charge in [-0.2, -0.15) is 0 Å². The smallest absolute Gasteiger partial charge is 0.0175 e. The van der Waals surface area contributed by atoms with E-state index in [0.29, 0.717) is 5.92 Å². The molecule has 0 heteroatoms. The van der Waals surface area contributed by atoms with E-state index in [1.54, 1.807) is 0 Å². The fourth-order valence-electron chi connectivity index (χ4n) is 1.27. The molecule has 1 unspecified atom stereocenters. The molecule has 0 fully saturated rings. The second-order valence-electron chi connectivity index (χ2n) is 3.55. The van der Waals surface area contributed by atoms with E-state index in [0.717, 1.165) is 0 Å². The van der Waals surface area contributed by atoms with E-state index in [-0.39, 0.29) is 0 Å². The van der Waals surface area contributed by atoms with Crippen LogP contribution in [0, 0.1) is 17.8 Å². The zero-order chi connectivity index (χ0) is 8.81. The quantitative estimate of drug-likeness (QED) is 0.517. The van der Waals surface area contributed by atoms with Crippen molar-refractivity contribution in [1.29, 1.82) is 0 Å². The summed E-state index contributed by atoms with van der Waals surface area (Å²) >= 11 is 0. The summed E-state index contributed by atoms with van der Waals surface area (Å²) in [6, 6.07) is 0. The fraction of sp³-hybridized carbons (Fsp3) is 0.667. The molecule has 66 valence electrons. The lowest BCUT2D eigenvalue weighted by molar-refractivity contribution is 0.709. The average molecular weight is 162 g/mol. The van der Waals surface area contributed by atoms with Gasteiger partial charge in [0.05, 0.1) is 0 Å². The topological polar surface area (TPSA) is 0 Å². The van der Waals surface area contributed by atoms with Crippen LogP contribution in [0.5, 0.6) is 0 Å². The van der Waals surface area contributed by atoms with E-state index in [1.165, 1.54) is 37.7 Å². The summed E-state index contributed by atoms with van der Waals surface area (Å²) in [5.74, 6) is 7.13. The third kappa shape index (κ3) is 3.13. The minimum absolute atomic E-state index is 0.563. The Hall–Kier alpha value is -0.700. The first kappa shape index (κ1) is 9.39. The van der Waals surface area contributed by atoms with Crippen LogP contribution in [0.2, 0.25) is 0 Å². The van der Waals surface area contributed by atoms with Gasteiger partial charge >= 0.3 is 0 Å². The predicted molar refractivity (Wildman–Crippen MR) is 53.8 cm³/mol. The van der Waals surface area contributed by atoms with Crippen molar-refractivity contribution < 1.29 is 0 Å². The molecular formula is C12H18. The Labute approximate surface area is 76.1 Å². The summed E-state index contributed by atoms with van der Waals surface area (Å²) in [6.07, 6.45) is 8.61. The zero-order valence-electron chi connectivity index (χ0n) is 8.19. The first-order chi connectivity index (χ1) is 5.83. The zero-order valence-corrected chi connectivity index (χ0v) is 8.19. The standard InChI is InChI=1S/C12H18/c1-3-11(2)9-10-12-7-5-4-6-8-12/h7,11H,3-6,8H2,1-2H3. The van der Waals surface area contributed by atoms with Crippen molar-refractivity contribution in [3.8, 4) is 11.8 Å². The van der Waals surface area contributed by atoms with E-state index in [2.05, 4.69) is 31.8 Å². The van der Waals surface area contributed by atoms with E-state index in [9.17, 15) is 0 Å². The Balaban J connectivity index is 2.46. The molecule has 0 nitrogen and oxygen atoms in total. The number of hydrogen-bond donors (Lipinski definition) is 0. The van der Waals surface area contributed by atoms with Crippen LogP contribution in [0.1, 0.15) is 46.0 Å². The minimum Gasteiger partial charge on any atom is -0.0951 e. The number of hydrogen-bond acceptors (Lipinski definition) is 0. The lowest BCUT2D eigenvalue weighted by Gasteiger charge is -2.06. The lowest BCUT2D eigenvalue weighted by Crippen LogP contribution is -1.90. The fourth-order valence-corrected chi connectivity index (χ4v) is 1.27. The van der Waals surface area contributed by atoms with Crippen molar-refractivity contribution in [2.24, 2.45) is 5.92 Å². The van der Waals surface area contributed by atoms with Crippen molar-refractivity contribution >= 4 is 0 Å². The predicted octanol–water partition coefficient (Wildman–Crippen LogP) is 3.54. The van der Waals surface area contributed by atoms with Gasteiger partial charge in [-0.15, -0.1) is 0 Å². The molecule has 0 aliphatic heterocycles. The Morgan fingerprint density at radius 3 is 2.92 bits per heavy atom. The average Bonchev–Trinajstić information content (AvgIpc) is 2.16. The molecule has 0 bridgehead atoms. The van der Waals surface area contributed by atoms with Gasteiger partial charge in [-0.1, -0.05) is 31.8 Å². The highest BCUT2D eigenvalue weighted by molar-refractivity contribution is 5.30.